The van der Waals surface area contributed by atoms with E-state index in [-0.39, 0.29) is 60.2 Å². The zero-order valence-electron chi connectivity index (χ0n) is 34.1. The first-order valence-corrected chi connectivity index (χ1v) is 24.4. The van der Waals surface area contributed by atoms with E-state index in [2.05, 4.69) is 34.4 Å². The second-order valence-corrected chi connectivity index (χ2v) is 20.4. The van der Waals surface area contributed by atoms with Crippen molar-refractivity contribution in [3.05, 3.63) is 12.7 Å². The molecule has 2 saturated heterocycles. The first-order valence-electron chi connectivity index (χ1n) is 18.9. The summed E-state index contributed by atoms with van der Waals surface area (Å²) in [5.74, 6) is -1.35. The lowest BCUT2D eigenvalue weighted by atomic mass is 9.87. The summed E-state index contributed by atoms with van der Waals surface area (Å²) in [6.07, 6.45) is -11.0. The Kier molecular flexibility index (Phi) is 18.7. The molecule has 0 bridgehead atoms. The third kappa shape index (κ3) is 15.8. The summed E-state index contributed by atoms with van der Waals surface area (Å²) in [5.41, 5.74) is 4.21. The fourth-order valence-corrected chi connectivity index (χ4v) is 9.55. The average molecular weight is 984 g/mol. The van der Waals surface area contributed by atoms with Crippen LogP contribution in [0.25, 0.3) is 11.2 Å². The molecule has 2 aliphatic rings. The summed E-state index contributed by atoms with van der Waals surface area (Å²) in [5, 5.41) is 46.0. The van der Waals surface area contributed by atoms with Crippen molar-refractivity contribution in [3.63, 3.8) is 0 Å². The van der Waals surface area contributed by atoms with Crippen molar-refractivity contribution in [1.29, 1.82) is 0 Å². The number of phosphoric acid groups is 3. The van der Waals surface area contributed by atoms with Crippen LogP contribution >= 0.6 is 35.2 Å². The lowest BCUT2D eigenvalue weighted by molar-refractivity contribution is -0.272. The fraction of sp³-hybridized carbons (Fsp3) is 0.742. The summed E-state index contributed by atoms with van der Waals surface area (Å²) >= 11 is 0.939. The SMILES string of the molecule is C[C@H](CC(=O)SCCNC(=O)CCNC(=O)[C@H](O)C(C)(C)COP(=O)(O)OP(=O)(O)OC[C@H]1O[C@@H](n2cnc3c(N)ncnc32)[C@H](O)[C@@H]1OP(=O)(O)O)O[C@@H]1O[C@@H](C)[C@H](O)C[C@H]1O. The van der Waals surface area contributed by atoms with Crippen molar-refractivity contribution in [2.24, 2.45) is 5.41 Å². The number of carbonyl (C=O) groups excluding carboxylic acids is 3. The van der Waals surface area contributed by atoms with Gasteiger partial charge in [0.2, 0.25) is 11.8 Å². The molecule has 2 aromatic rings. The Morgan fingerprint density at radius 1 is 1.02 bits per heavy atom. The van der Waals surface area contributed by atoms with Crippen molar-refractivity contribution in [2.75, 3.05) is 37.8 Å². The molecule has 63 heavy (non-hydrogen) atoms. The van der Waals surface area contributed by atoms with Gasteiger partial charge < -0.3 is 70.6 Å². The van der Waals surface area contributed by atoms with Crippen molar-refractivity contribution in [2.45, 2.75) is 108 Å². The molecule has 0 aromatic carbocycles. The summed E-state index contributed by atoms with van der Waals surface area (Å²) in [7, 11) is -16.5. The molecule has 4 heterocycles. The van der Waals surface area contributed by atoms with E-state index in [1.807, 2.05) is 0 Å². The van der Waals surface area contributed by atoms with Crippen LogP contribution in [0.1, 0.15) is 53.2 Å². The van der Waals surface area contributed by atoms with Crippen LogP contribution in [0.2, 0.25) is 0 Å². The second kappa shape index (κ2) is 22.3. The minimum Gasteiger partial charge on any atom is -0.390 e. The monoisotopic (exact) mass is 983 g/mol. The highest BCUT2D eigenvalue weighted by molar-refractivity contribution is 8.13. The molecule has 2 aliphatic heterocycles. The second-order valence-electron chi connectivity index (χ2n) is 15.0. The molecule has 12 atom stereocenters. The number of nitrogens with one attached hydrogen (secondary N) is 2. The molecule has 2 fully saturated rings. The summed E-state index contributed by atoms with van der Waals surface area (Å²) in [4.78, 5) is 88.3. The van der Waals surface area contributed by atoms with Crippen molar-refractivity contribution in [3.8, 4) is 0 Å². The maximum atomic E-state index is 12.7. The van der Waals surface area contributed by atoms with Gasteiger partial charge in [0, 0.05) is 43.5 Å². The number of nitrogens with zero attached hydrogens (tertiary/aromatic N) is 4. The quantitative estimate of drug-likeness (QED) is 0.0437. The lowest BCUT2D eigenvalue weighted by Gasteiger charge is -2.36. The summed E-state index contributed by atoms with van der Waals surface area (Å²) < 4.78 is 73.3. The standard InChI is InChI=1S/C31H52N7O21P3S/c1-15(55-30-18(40)10-17(39)16(2)56-30)9-21(42)63-8-7-33-20(41)5-6-34-28(45)25(44)31(3,4)12-54-62(51,52)59-61(49,50)53-11-19-24(58-60(46,47)48)23(43)29(57-19)38-14-37-22-26(32)35-13-36-27(22)38/h13-19,23-25,29-30,39-40,43-44H,5-12H2,1-4H3,(H,33,41)(H,34,45)(H,49,50)(H,51,52)(H2,32,35,36)(H2,46,47,48)/t15-,16+,17-,18-,19-,23-,24-,25+,29-,30-/m1/s1. The van der Waals surface area contributed by atoms with Gasteiger partial charge in [-0.05, 0) is 13.8 Å². The zero-order valence-corrected chi connectivity index (χ0v) is 37.6. The number of aromatic nitrogens is 4. The molecule has 0 spiro atoms. The molecule has 4 rings (SSSR count). The lowest BCUT2D eigenvalue weighted by Crippen LogP contribution is -2.48. The molecule has 0 saturated carbocycles. The normalized spacial score (nSPS) is 27.3. The number of amides is 2. The molecule has 358 valence electrons. The smallest absolute Gasteiger partial charge is 0.390 e. The Balaban J connectivity index is 1.17. The fourth-order valence-electron chi connectivity index (χ4n) is 5.93. The molecule has 0 radical (unpaired) electrons. The number of nitrogens with two attached hydrogens (primary N) is 1. The molecule has 12 N–H and O–H groups in total. The largest absolute Gasteiger partial charge is 0.481 e. The molecule has 2 amide bonds. The number of hydrogen-bond donors (Lipinski definition) is 11. The topological polar surface area (TPSA) is 423 Å². The van der Waals surface area contributed by atoms with E-state index < -0.39 is 115 Å². The Morgan fingerprint density at radius 2 is 1.70 bits per heavy atom. The van der Waals surface area contributed by atoms with E-state index >= 15 is 0 Å². The van der Waals surface area contributed by atoms with Crippen molar-refractivity contribution < 1.29 is 100 Å². The Hall–Kier alpha value is -2.60. The van der Waals surface area contributed by atoms with Gasteiger partial charge in [-0.2, -0.15) is 4.31 Å². The Bertz CT molecular complexity index is 2050. The third-order valence-electron chi connectivity index (χ3n) is 9.27. The highest BCUT2D eigenvalue weighted by Gasteiger charge is 2.50. The van der Waals surface area contributed by atoms with E-state index in [1.165, 1.54) is 13.8 Å². The first-order chi connectivity index (χ1) is 29.2. The number of ether oxygens (including phenoxy) is 3. The van der Waals surface area contributed by atoms with Crippen LogP contribution in [0.4, 0.5) is 5.82 Å². The predicted molar refractivity (Wildman–Crippen MR) is 213 cm³/mol. The van der Waals surface area contributed by atoms with Crippen LogP contribution in [-0.4, -0.2) is 164 Å². The molecular formula is C31H52N7O21P3S. The van der Waals surface area contributed by atoms with Gasteiger partial charge in [0.1, 0.15) is 42.4 Å². The summed E-state index contributed by atoms with van der Waals surface area (Å²) in [6.45, 7) is 3.51. The highest BCUT2D eigenvalue weighted by Crippen LogP contribution is 2.61. The molecule has 2 unspecified atom stereocenters. The number of phosphoric ester groups is 3. The number of aliphatic hydroxyl groups is 4. The van der Waals surface area contributed by atoms with Gasteiger partial charge in [-0.3, -0.25) is 32.5 Å². The minimum absolute atomic E-state index is 0.00991. The highest BCUT2D eigenvalue weighted by atomic mass is 32.2. The maximum Gasteiger partial charge on any atom is 0.481 e. The number of rotatable bonds is 23. The molecule has 28 nitrogen and oxygen atoms in total. The number of hydrogen-bond acceptors (Lipinski definition) is 22. The molecule has 32 heteroatoms. The van der Waals surface area contributed by atoms with Crippen molar-refractivity contribution >= 4 is 69.1 Å². The van der Waals surface area contributed by atoms with Crippen LogP contribution in [-0.2, 0) is 60.2 Å². The van der Waals surface area contributed by atoms with Crippen LogP contribution in [0.15, 0.2) is 12.7 Å². The van der Waals surface area contributed by atoms with E-state index in [0.717, 1.165) is 29.0 Å². The maximum absolute atomic E-state index is 12.7. The van der Waals surface area contributed by atoms with Crippen molar-refractivity contribution in [1.82, 2.24) is 30.2 Å². The van der Waals surface area contributed by atoms with Crippen LogP contribution < -0.4 is 16.4 Å². The van der Waals surface area contributed by atoms with Gasteiger partial charge in [0.25, 0.3) is 0 Å². The number of aliphatic hydroxyl groups excluding tert-OH is 4. The van der Waals surface area contributed by atoms with E-state index in [4.69, 9.17) is 29.0 Å². The third-order valence-corrected chi connectivity index (χ3v) is 13.3. The number of anilines is 1. The Labute approximate surface area is 363 Å². The number of fused-ring (bicyclic) bond motifs is 1. The predicted octanol–water partition coefficient (Wildman–Crippen LogP) is -1.68. The van der Waals surface area contributed by atoms with Gasteiger partial charge in [-0.15, -0.1) is 0 Å². The first kappa shape index (κ1) is 53.0. The van der Waals surface area contributed by atoms with E-state index in [9.17, 15) is 68.1 Å². The minimum atomic E-state index is -5.60. The number of nitrogen functional groups attached to an aromatic ring is 1. The van der Waals surface area contributed by atoms with Gasteiger partial charge >= 0.3 is 23.5 Å². The number of carbonyl (C=O) groups is 3. The summed E-state index contributed by atoms with van der Waals surface area (Å²) in [6, 6.07) is 0. The Morgan fingerprint density at radius 3 is 2.38 bits per heavy atom. The number of imidazole rings is 1. The van der Waals surface area contributed by atoms with Gasteiger partial charge in [0.05, 0.1) is 37.9 Å². The molecule has 0 aliphatic carbocycles. The molecular weight excluding hydrogens is 931 g/mol. The van der Waals surface area contributed by atoms with Crippen LogP contribution in [0.5, 0.6) is 0 Å². The average Bonchev–Trinajstić information content (AvgIpc) is 3.73. The molecule has 2 aromatic heterocycles. The number of thioether (sulfide) groups is 1. The van der Waals surface area contributed by atoms with Crippen LogP contribution in [0.3, 0.4) is 0 Å². The van der Waals surface area contributed by atoms with Crippen LogP contribution in [0, 0.1) is 5.41 Å². The van der Waals surface area contributed by atoms with E-state index in [0.29, 0.717) is 0 Å². The van der Waals surface area contributed by atoms with E-state index in [1.54, 1.807) is 13.8 Å². The van der Waals surface area contributed by atoms with Gasteiger partial charge in [0.15, 0.2) is 29.1 Å². The van der Waals surface area contributed by atoms with Gasteiger partial charge in [-0.25, -0.2) is 28.6 Å². The van der Waals surface area contributed by atoms with Gasteiger partial charge in [-0.1, -0.05) is 25.6 Å². The zero-order chi connectivity index (χ0) is 47.1.